The summed E-state index contributed by atoms with van der Waals surface area (Å²) in [5.41, 5.74) is 3.01. The molecular weight excluding hydrogens is 528 g/mol. The van der Waals surface area contributed by atoms with E-state index in [0.717, 1.165) is 41.4 Å². The van der Waals surface area contributed by atoms with Crippen LogP contribution in [0.2, 0.25) is 0 Å². The number of hydrogen-bond donors (Lipinski definition) is 0. The fourth-order valence-electron chi connectivity index (χ4n) is 5.08. The van der Waals surface area contributed by atoms with E-state index in [1.165, 1.54) is 95.5 Å². The van der Waals surface area contributed by atoms with Gasteiger partial charge >= 0.3 is 0 Å². The minimum Gasteiger partial charge on any atom is -0.103 e. The van der Waals surface area contributed by atoms with Crippen molar-refractivity contribution in [1.82, 2.24) is 0 Å². The molecule has 7 atom stereocenters. The Kier molecular flexibility index (Phi) is 41.3. The Morgan fingerprint density at radius 1 is 0.568 bits per heavy atom. The molecule has 0 nitrogen and oxygen atoms in total. The molecule has 0 bridgehead atoms. The summed E-state index contributed by atoms with van der Waals surface area (Å²) in [6.07, 6.45) is 26.7. The molecule has 0 radical (unpaired) electrons. The van der Waals surface area contributed by atoms with Crippen LogP contribution in [0.15, 0.2) is 48.6 Å². The molecule has 0 aromatic carbocycles. The number of unbranched alkanes of at least 4 members (excludes halogenated alkanes) is 1. The van der Waals surface area contributed by atoms with E-state index in [9.17, 15) is 0 Å². The molecule has 0 N–H and O–H groups in total. The van der Waals surface area contributed by atoms with Crippen molar-refractivity contribution >= 4 is 0 Å². The fourth-order valence-corrected chi connectivity index (χ4v) is 5.08. The molecule has 0 saturated heterocycles. The zero-order valence-corrected chi connectivity index (χ0v) is 33.7. The molecule has 0 saturated carbocycles. The first-order valence-electron chi connectivity index (χ1n) is 19.2. The predicted molar refractivity (Wildman–Crippen MR) is 211 cm³/mol. The lowest BCUT2D eigenvalue weighted by Crippen LogP contribution is -2.00. The molecule has 44 heavy (non-hydrogen) atoms. The van der Waals surface area contributed by atoms with Crippen molar-refractivity contribution in [2.24, 2.45) is 41.4 Å². The molecule has 0 amide bonds. The van der Waals surface area contributed by atoms with Gasteiger partial charge in [0.1, 0.15) is 0 Å². The fraction of sp³-hybridized carbons (Fsp3) is 0.818. The molecule has 0 aliphatic heterocycles. The minimum atomic E-state index is 0.821. The van der Waals surface area contributed by atoms with Crippen molar-refractivity contribution in [1.29, 1.82) is 0 Å². The Morgan fingerprint density at radius 3 is 1.30 bits per heavy atom. The molecule has 0 fully saturated rings. The second kappa shape index (κ2) is 36.4. The van der Waals surface area contributed by atoms with Crippen molar-refractivity contribution in [2.45, 2.75) is 194 Å². The first-order valence-corrected chi connectivity index (χ1v) is 19.2. The van der Waals surface area contributed by atoms with Gasteiger partial charge in [-0.05, 0) is 107 Å². The largest absolute Gasteiger partial charge is 0.103 e. The van der Waals surface area contributed by atoms with Gasteiger partial charge in [0, 0.05) is 0 Å². The summed E-state index contributed by atoms with van der Waals surface area (Å²) < 4.78 is 0. The summed E-state index contributed by atoms with van der Waals surface area (Å²) >= 11 is 0. The normalized spacial score (nSPS) is 16.0. The molecule has 7 unspecified atom stereocenters. The maximum atomic E-state index is 4.13. The minimum absolute atomic E-state index is 0.821. The Morgan fingerprint density at radius 2 is 0.955 bits per heavy atom. The molecule has 0 heterocycles. The van der Waals surface area contributed by atoms with Crippen molar-refractivity contribution in [3.05, 3.63) is 48.6 Å². The van der Waals surface area contributed by atoms with E-state index < -0.39 is 0 Å². The Labute approximate surface area is 283 Å². The van der Waals surface area contributed by atoms with Crippen LogP contribution in [-0.2, 0) is 0 Å². The van der Waals surface area contributed by atoms with Gasteiger partial charge in [-0.2, -0.15) is 0 Å². The second-order valence-electron chi connectivity index (χ2n) is 14.8. The Balaban J connectivity index is -0.000000243. The van der Waals surface area contributed by atoms with Crippen molar-refractivity contribution in [2.75, 3.05) is 0 Å². The maximum absolute atomic E-state index is 4.13. The van der Waals surface area contributed by atoms with Gasteiger partial charge in [-0.1, -0.05) is 171 Å². The van der Waals surface area contributed by atoms with E-state index in [2.05, 4.69) is 135 Å². The highest BCUT2D eigenvalue weighted by Gasteiger charge is 2.06. The highest BCUT2D eigenvalue weighted by molar-refractivity contribution is 4.98. The van der Waals surface area contributed by atoms with Crippen molar-refractivity contribution < 1.29 is 0 Å². The smallest absolute Gasteiger partial charge is 0.0297 e. The summed E-state index contributed by atoms with van der Waals surface area (Å²) in [5, 5.41) is 0. The summed E-state index contributed by atoms with van der Waals surface area (Å²) in [6, 6.07) is 0. The third-order valence-corrected chi connectivity index (χ3v) is 9.16. The maximum Gasteiger partial charge on any atom is -0.0297 e. The second-order valence-corrected chi connectivity index (χ2v) is 14.8. The van der Waals surface area contributed by atoms with E-state index in [1.54, 1.807) is 5.57 Å². The van der Waals surface area contributed by atoms with Crippen LogP contribution in [0.4, 0.5) is 0 Å². The molecule has 0 spiro atoms. The highest BCUT2D eigenvalue weighted by atomic mass is 14.1. The van der Waals surface area contributed by atoms with Gasteiger partial charge in [-0.15, -0.1) is 6.58 Å². The van der Waals surface area contributed by atoms with Crippen molar-refractivity contribution in [3.63, 3.8) is 0 Å². The van der Waals surface area contributed by atoms with Gasteiger partial charge in [0.25, 0.3) is 0 Å². The number of hydrogen-bond acceptors (Lipinski definition) is 0. The first kappa shape index (κ1) is 49.8. The monoisotopic (exact) mass is 617 g/mol. The zero-order valence-electron chi connectivity index (χ0n) is 33.7. The topological polar surface area (TPSA) is 0 Å². The lowest BCUT2D eigenvalue weighted by Gasteiger charge is -2.14. The summed E-state index contributed by atoms with van der Waals surface area (Å²) in [6.45, 7) is 42.0. The predicted octanol–water partition coefficient (Wildman–Crippen LogP) is 16.2. The number of allylic oxidation sites excluding steroid dienone is 6. The zero-order chi connectivity index (χ0) is 34.9. The average Bonchev–Trinajstić information content (AvgIpc) is 2.99. The van der Waals surface area contributed by atoms with Crippen LogP contribution in [0.3, 0.4) is 0 Å². The van der Waals surface area contributed by atoms with Gasteiger partial charge in [-0.3, -0.25) is 0 Å². The summed E-state index contributed by atoms with van der Waals surface area (Å²) in [7, 11) is 0. The van der Waals surface area contributed by atoms with Gasteiger partial charge in [-0.25, -0.2) is 0 Å². The van der Waals surface area contributed by atoms with Gasteiger partial charge in [0.05, 0.1) is 0 Å². The van der Waals surface area contributed by atoms with Crippen LogP contribution in [-0.4, -0.2) is 0 Å². The molecule has 0 aromatic heterocycles. The van der Waals surface area contributed by atoms with Gasteiger partial charge < -0.3 is 0 Å². The lowest BCUT2D eigenvalue weighted by atomic mass is 9.92. The van der Waals surface area contributed by atoms with Crippen LogP contribution < -0.4 is 0 Å². The molecule has 0 rings (SSSR count). The van der Waals surface area contributed by atoms with Gasteiger partial charge in [0.2, 0.25) is 0 Å². The third kappa shape index (κ3) is 41.0. The van der Waals surface area contributed by atoms with Gasteiger partial charge in [0.15, 0.2) is 0 Å². The Bertz CT molecular complexity index is 635. The number of rotatable bonds is 21. The molecular formula is C44H88. The van der Waals surface area contributed by atoms with Crippen LogP contribution in [0.1, 0.15) is 194 Å². The van der Waals surface area contributed by atoms with E-state index in [1.807, 2.05) is 6.08 Å². The Hall–Kier alpha value is -1.04. The van der Waals surface area contributed by atoms with Crippen LogP contribution in [0.5, 0.6) is 0 Å². The SMILES string of the molecule is C=C(CC(C)CC)CC(C)CC.C=CCC(C)CC(C)CC.CC=CCC(C)CC(C)CC.CCCC=C(C)CC(C)CC. The molecule has 0 aliphatic carbocycles. The van der Waals surface area contributed by atoms with E-state index in [0.29, 0.717) is 0 Å². The van der Waals surface area contributed by atoms with E-state index in [4.69, 9.17) is 0 Å². The van der Waals surface area contributed by atoms with Crippen molar-refractivity contribution in [3.8, 4) is 0 Å². The van der Waals surface area contributed by atoms with E-state index >= 15 is 0 Å². The van der Waals surface area contributed by atoms with E-state index in [-0.39, 0.29) is 0 Å². The lowest BCUT2D eigenvalue weighted by molar-refractivity contribution is 0.408. The molecule has 0 heteroatoms. The molecule has 0 aliphatic rings. The third-order valence-electron chi connectivity index (χ3n) is 9.16. The molecule has 264 valence electrons. The van der Waals surface area contributed by atoms with Crippen LogP contribution in [0, 0.1) is 41.4 Å². The average molecular weight is 617 g/mol. The first-order chi connectivity index (χ1) is 20.7. The van der Waals surface area contributed by atoms with Crippen LogP contribution in [0.25, 0.3) is 0 Å². The summed E-state index contributed by atoms with van der Waals surface area (Å²) in [5.74, 6) is 5.98. The van der Waals surface area contributed by atoms with Crippen LogP contribution >= 0.6 is 0 Å². The molecule has 0 aromatic rings. The quantitative estimate of drug-likeness (QED) is 0.113. The standard InChI is InChI=1S/C12H24.2C11H22.C10H20/c1-6-10(3)8-12(5)9-11(4)7-2;2*1-5-7-8-11(4)9-10(3)6-2;1-5-7-10(4)8-9(3)6-2/h10-11H,5-9H2,1-4H3;8,10H,5-7,9H2,1-4H3;5,7,10-11H,6,8-9H2,1-4H3;5,9-10H,1,6-8H2,2-4H3. The highest BCUT2D eigenvalue weighted by Crippen LogP contribution is 2.21. The summed E-state index contributed by atoms with van der Waals surface area (Å²) in [4.78, 5) is 0.